The van der Waals surface area contributed by atoms with Gasteiger partial charge in [-0.2, -0.15) is 0 Å². The fourth-order valence-corrected chi connectivity index (χ4v) is 3.59. The van der Waals surface area contributed by atoms with Crippen molar-refractivity contribution >= 4 is 11.3 Å². The van der Waals surface area contributed by atoms with Crippen molar-refractivity contribution in [3.8, 4) is 0 Å². The minimum absolute atomic E-state index is 0.729. The Morgan fingerprint density at radius 3 is 2.94 bits per heavy atom. The van der Waals surface area contributed by atoms with Crippen molar-refractivity contribution in [3.05, 3.63) is 16.1 Å². The Morgan fingerprint density at radius 1 is 1.41 bits per heavy atom. The molecule has 17 heavy (non-hydrogen) atoms. The van der Waals surface area contributed by atoms with Gasteiger partial charge in [0.25, 0.3) is 0 Å². The monoisotopic (exact) mass is 252 g/mol. The molecule has 96 valence electrons. The molecule has 0 radical (unpaired) electrons. The average Bonchev–Trinajstić information content (AvgIpc) is 2.71. The quantitative estimate of drug-likeness (QED) is 0.888. The first kappa shape index (κ1) is 13.0. The first-order valence-corrected chi connectivity index (χ1v) is 7.68. The molecule has 1 aromatic rings. The van der Waals surface area contributed by atoms with E-state index in [1.807, 2.05) is 5.51 Å². The molecule has 0 aliphatic heterocycles. The van der Waals surface area contributed by atoms with Crippen LogP contribution in [0.3, 0.4) is 0 Å². The highest BCUT2D eigenvalue weighted by Gasteiger charge is 2.26. The van der Waals surface area contributed by atoms with Crippen LogP contribution in [0.4, 0.5) is 0 Å². The molecular formula is C14H24N2S. The summed E-state index contributed by atoms with van der Waals surface area (Å²) in [5.41, 5.74) is 3.16. The van der Waals surface area contributed by atoms with Gasteiger partial charge >= 0.3 is 0 Å². The van der Waals surface area contributed by atoms with Crippen molar-refractivity contribution < 1.29 is 0 Å². The molecule has 0 bridgehead atoms. The van der Waals surface area contributed by atoms with Crippen molar-refractivity contribution in [2.75, 3.05) is 6.54 Å². The Morgan fingerprint density at radius 2 is 2.24 bits per heavy atom. The molecule has 1 aliphatic carbocycles. The van der Waals surface area contributed by atoms with E-state index in [0.29, 0.717) is 0 Å². The van der Waals surface area contributed by atoms with Gasteiger partial charge in [0.2, 0.25) is 0 Å². The first-order chi connectivity index (χ1) is 8.18. The molecule has 1 aromatic heterocycles. The molecule has 1 saturated carbocycles. The van der Waals surface area contributed by atoms with E-state index in [9.17, 15) is 0 Å². The maximum absolute atomic E-state index is 4.30. The number of aryl methyl sites for hydroxylation is 1. The third-order valence-corrected chi connectivity index (χ3v) is 5.31. The predicted octanol–water partition coefficient (Wildman–Crippen LogP) is 3.41. The number of thiazole rings is 1. The molecule has 1 heterocycles. The highest BCUT2D eigenvalue weighted by molar-refractivity contribution is 7.09. The summed E-state index contributed by atoms with van der Waals surface area (Å²) in [7, 11) is 0. The van der Waals surface area contributed by atoms with E-state index in [0.717, 1.165) is 30.8 Å². The second-order valence-corrected chi connectivity index (χ2v) is 6.38. The van der Waals surface area contributed by atoms with Crippen LogP contribution in [0.5, 0.6) is 0 Å². The SMILES string of the molecule is Cc1ncsc1CCNC1CCCC(C)C1C. The van der Waals surface area contributed by atoms with E-state index in [2.05, 4.69) is 31.1 Å². The van der Waals surface area contributed by atoms with Crippen molar-refractivity contribution in [1.82, 2.24) is 10.3 Å². The van der Waals surface area contributed by atoms with Gasteiger partial charge in [-0.25, -0.2) is 4.98 Å². The Hall–Kier alpha value is -0.410. The van der Waals surface area contributed by atoms with Gasteiger partial charge in [0.15, 0.2) is 0 Å². The molecule has 3 heteroatoms. The van der Waals surface area contributed by atoms with Crippen LogP contribution < -0.4 is 5.32 Å². The molecule has 0 aromatic carbocycles. The minimum Gasteiger partial charge on any atom is -0.313 e. The van der Waals surface area contributed by atoms with Gasteiger partial charge in [-0.1, -0.05) is 26.7 Å². The molecule has 0 spiro atoms. The third-order valence-electron chi connectivity index (χ3n) is 4.31. The number of aromatic nitrogens is 1. The zero-order valence-electron chi connectivity index (χ0n) is 11.2. The number of nitrogens with one attached hydrogen (secondary N) is 1. The van der Waals surface area contributed by atoms with Gasteiger partial charge in [-0.05, 0) is 31.6 Å². The van der Waals surface area contributed by atoms with Crippen LogP contribution in [0.15, 0.2) is 5.51 Å². The highest BCUT2D eigenvalue weighted by Crippen LogP contribution is 2.29. The molecule has 1 N–H and O–H groups in total. The van der Waals surface area contributed by atoms with Gasteiger partial charge in [0, 0.05) is 17.5 Å². The fourth-order valence-electron chi connectivity index (χ4n) is 2.81. The number of hydrogen-bond donors (Lipinski definition) is 1. The van der Waals surface area contributed by atoms with Crippen LogP contribution in [0.25, 0.3) is 0 Å². The molecule has 1 fully saturated rings. The Bertz CT molecular complexity index is 348. The van der Waals surface area contributed by atoms with Crippen LogP contribution in [0, 0.1) is 18.8 Å². The highest BCUT2D eigenvalue weighted by atomic mass is 32.1. The van der Waals surface area contributed by atoms with E-state index in [1.165, 1.54) is 29.8 Å². The van der Waals surface area contributed by atoms with E-state index in [1.54, 1.807) is 11.3 Å². The van der Waals surface area contributed by atoms with Gasteiger partial charge < -0.3 is 5.32 Å². The Balaban J connectivity index is 1.76. The Labute approximate surface area is 109 Å². The Kier molecular flexibility index (Phi) is 4.57. The van der Waals surface area contributed by atoms with Crippen molar-refractivity contribution in [1.29, 1.82) is 0 Å². The molecule has 3 unspecified atom stereocenters. The summed E-state index contributed by atoms with van der Waals surface area (Å²) in [6.07, 6.45) is 5.29. The van der Waals surface area contributed by atoms with Crippen molar-refractivity contribution in [2.45, 2.75) is 52.5 Å². The lowest BCUT2D eigenvalue weighted by atomic mass is 9.78. The van der Waals surface area contributed by atoms with Crippen LogP contribution in [-0.4, -0.2) is 17.6 Å². The zero-order chi connectivity index (χ0) is 12.3. The lowest BCUT2D eigenvalue weighted by Gasteiger charge is -2.34. The van der Waals surface area contributed by atoms with Crippen LogP contribution in [0.1, 0.15) is 43.7 Å². The summed E-state index contributed by atoms with van der Waals surface area (Å²) in [5, 5.41) is 3.75. The normalized spacial score (nSPS) is 29.5. The summed E-state index contributed by atoms with van der Waals surface area (Å²) >= 11 is 1.79. The summed E-state index contributed by atoms with van der Waals surface area (Å²) in [6, 6.07) is 0.729. The average molecular weight is 252 g/mol. The smallest absolute Gasteiger partial charge is 0.0797 e. The van der Waals surface area contributed by atoms with Gasteiger partial charge in [0.05, 0.1) is 11.2 Å². The van der Waals surface area contributed by atoms with E-state index in [4.69, 9.17) is 0 Å². The van der Waals surface area contributed by atoms with Crippen LogP contribution >= 0.6 is 11.3 Å². The largest absolute Gasteiger partial charge is 0.313 e. The number of nitrogens with zero attached hydrogens (tertiary/aromatic N) is 1. The summed E-state index contributed by atoms with van der Waals surface area (Å²) in [4.78, 5) is 5.74. The maximum Gasteiger partial charge on any atom is 0.0797 e. The second-order valence-electron chi connectivity index (χ2n) is 5.44. The molecule has 0 amide bonds. The lowest BCUT2D eigenvalue weighted by Crippen LogP contribution is -2.41. The summed E-state index contributed by atoms with van der Waals surface area (Å²) in [6.45, 7) is 8.01. The van der Waals surface area contributed by atoms with E-state index < -0.39 is 0 Å². The number of hydrogen-bond acceptors (Lipinski definition) is 3. The number of rotatable bonds is 4. The van der Waals surface area contributed by atoms with Gasteiger partial charge in [0.1, 0.15) is 0 Å². The van der Waals surface area contributed by atoms with Gasteiger partial charge in [-0.3, -0.25) is 0 Å². The molecule has 1 aliphatic rings. The first-order valence-electron chi connectivity index (χ1n) is 6.81. The standard InChI is InChI=1S/C14H24N2S/c1-10-5-4-6-13(11(10)2)15-8-7-14-12(3)16-9-17-14/h9-11,13,15H,4-8H2,1-3H3. The molecule has 0 saturated heterocycles. The molecular weight excluding hydrogens is 228 g/mol. The van der Waals surface area contributed by atoms with E-state index in [-0.39, 0.29) is 0 Å². The predicted molar refractivity (Wildman–Crippen MR) is 74.5 cm³/mol. The fraction of sp³-hybridized carbons (Fsp3) is 0.786. The summed E-state index contributed by atoms with van der Waals surface area (Å²) in [5.74, 6) is 1.71. The van der Waals surface area contributed by atoms with Crippen molar-refractivity contribution in [2.24, 2.45) is 11.8 Å². The maximum atomic E-state index is 4.30. The summed E-state index contributed by atoms with van der Waals surface area (Å²) < 4.78 is 0. The molecule has 3 atom stereocenters. The topological polar surface area (TPSA) is 24.9 Å². The third kappa shape index (κ3) is 3.29. The van der Waals surface area contributed by atoms with Crippen LogP contribution in [-0.2, 0) is 6.42 Å². The minimum atomic E-state index is 0.729. The second kappa shape index (κ2) is 5.96. The van der Waals surface area contributed by atoms with Gasteiger partial charge in [-0.15, -0.1) is 11.3 Å². The van der Waals surface area contributed by atoms with E-state index >= 15 is 0 Å². The molecule has 2 rings (SSSR count). The zero-order valence-corrected chi connectivity index (χ0v) is 12.0. The molecule has 2 nitrogen and oxygen atoms in total. The van der Waals surface area contributed by atoms with Crippen LogP contribution in [0.2, 0.25) is 0 Å². The van der Waals surface area contributed by atoms with Crippen molar-refractivity contribution in [3.63, 3.8) is 0 Å². The lowest BCUT2D eigenvalue weighted by molar-refractivity contribution is 0.208.